The maximum Gasteiger partial charge on any atom is 0.132 e. The predicted octanol–water partition coefficient (Wildman–Crippen LogP) is 5.04. The number of hydrogen-bond acceptors (Lipinski definition) is 3. The second-order valence-corrected chi connectivity index (χ2v) is 5.66. The molecule has 1 aromatic heterocycles. The molecule has 0 N–H and O–H groups in total. The maximum atomic E-state index is 9.28. The number of hydrogen-bond donors (Lipinski definition) is 0. The molecule has 0 spiro atoms. The highest BCUT2D eigenvalue weighted by Gasteiger charge is 2.21. The first-order chi connectivity index (χ1) is 10.5. The van der Waals surface area contributed by atoms with Gasteiger partial charge in [-0.25, -0.2) is 0 Å². The van der Waals surface area contributed by atoms with E-state index in [1.165, 1.54) is 0 Å². The lowest BCUT2D eigenvalue weighted by Gasteiger charge is -2.20. The molecule has 2 aromatic rings. The van der Waals surface area contributed by atoms with Gasteiger partial charge in [-0.05, 0) is 45.4 Å². The smallest absolute Gasteiger partial charge is 0.132 e. The van der Waals surface area contributed by atoms with Crippen LogP contribution in [0.5, 0.6) is 5.75 Å². The fourth-order valence-corrected chi connectivity index (χ4v) is 2.61. The molecule has 1 atom stereocenters. The first-order valence-corrected chi connectivity index (χ1v) is 7.65. The largest absolute Gasteiger partial charge is 0.493 e. The van der Waals surface area contributed by atoms with Crippen LogP contribution < -0.4 is 4.74 Å². The number of ether oxygens (including phenoxy) is 1. The van der Waals surface area contributed by atoms with Gasteiger partial charge in [0.25, 0.3) is 0 Å². The summed E-state index contributed by atoms with van der Waals surface area (Å²) in [5.74, 6) is 0.431. The third-order valence-corrected chi connectivity index (χ3v) is 4.05. The van der Waals surface area contributed by atoms with Crippen LogP contribution in [0.4, 0.5) is 0 Å². The highest BCUT2D eigenvalue weighted by molar-refractivity contribution is 6.32. The summed E-state index contributed by atoms with van der Waals surface area (Å²) in [6.45, 7) is 8.21. The van der Waals surface area contributed by atoms with Crippen molar-refractivity contribution in [2.24, 2.45) is 0 Å². The number of rotatable bonds is 4. The van der Waals surface area contributed by atoms with Crippen molar-refractivity contribution in [1.82, 2.24) is 4.98 Å². The quantitative estimate of drug-likeness (QED) is 0.793. The average molecular weight is 315 g/mol. The van der Waals surface area contributed by atoms with Gasteiger partial charge in [-0.1, -0.05) is 17.7 Å². The van der Waals surface area contributed by atoms with Gasteiger partial charge < -0.3 is 4.74 Å². The van der Waals surface area contributed by atoms with Gasteiger partial charge in [0.15, 0.2) is 0 Å². The Labute approximate surface area is 136 Å². The summed E-state index contributed by atoms with van der Waals surface area (Å²) in [6.07, 6.45) is 1.82. The predicted molar refractivity (Wildman–Crippen MR) is 89.4 cm³/mol. The van der Waals surface area contributed by atoms with E-state index in [1.54, 1.807) is 0 Å². The summed E-state index contributed by atoms with van der Waals surface area (Å²) < 4.78 is 5.87. The molecule has 0 aliphatic heterocycles. The second-order valence-electron chi connectivity index (χ2n) is 5.25. The number of aryl methyl sites for hydroxylation is 1. The summed E-state index contributed by atoms with van der Waals surface area (Å²) in [6, 6.07) is 8.06. The first-order valence-electron chi connectivity index (χ1n) is 7.28. The molecule has 0 amide bonds. The molecule has 0 fully saturated rings. The normalized spacial score (nSPS) is 11.8. The zero-order chi connectivity index (χ0) is 16.3. The van der Waals surface area contributed by atoms with Crippen molar-refractivity contribution in [3.63, 3.8) is 0 Å². The molecular formula is C18H19ClN2O. The van der Waals surface area contributed by atoms with Crippen LogP contribution in [0.25, 0.3) is 11.1 Å². The third kappa shape index (κ3) is 3.08. The van der Waals surface area contributed by atoms with Crippen molar-refractivity contribution in [2.45, 2.75) is 33.6 Å². The van der Waals surface area contributed by atoms with Crippen molar-refractivity contribution in [1.29, 1.82) is 5.26 Å². The van der Waals surface area contributed by atoms with Gasteiger partial charge in [0.1, 0.15) is 5.75 Å². The fourth-order valence-electron chi connectivity index (χ4n) is 2.40. The van der Waals surface area contributed by atoms with Gasteiger partial charge in [-0.15, -0.1) is 0 Å². The summed E-state index contributed by atoms with van der Waals surface area (Å²) >= 11 is 6.39. The van der Waals surface area contributed by atoms with Crippen LogP contribution in [0.2, 0.25) is 5.02 Å². The van der Waals surface area contributed by atoms with Crippen LogP contribution in [0, 0.1) is 25.2 Å². The van der Waals surface area contributed by atoms with Gasteiger partial charge >= 0.3 is 0 Å². The molecule has 4 heteroatoms. The van der Waals surface area contributed by atoms with Crippen molar-refractivity contribution >= 4 is 11.6 Å². The van der Waals surface area contributed by atoms with Crippen LogP contribution in [0.15, 0.2) is 24.4 Å². The minimum absolute atomic E-state index is 0.295. The average Bonchev–Trinajstić information content (AvgIpc) is 2.51. The Kier molecular flexibility index (Phi) is 5.05. The molecule has 1 aromatic carbocycles. The monoisotopic (exact) mass is 314 g/mol. The lowest BCUT2D eigenvalue weighted by molar-refractivity contribution is 0.337. The summed E-state index contributed by atoms with van der Waals surface area (Å²) in [4.78, 5) is 4.36. The molecule has 0 aliphatic rings. The Morgan fingerprint density at radius 2 is 2.09 bits per heavy atom. The van der Waals surface area contributed by atoms with Crippen LogP contribution in [0.1, 0.15) is 36.6 Å². The summed E-state index contributed by atoms with van der Waals surface area (Å²) in [7, 11) is 0. The molecule has 1 unspecified atom stereocenters. The van der Waals surface area contributed by atoms with Crippen LogP contribution >= 0.6 is 11.6 Å². The van der Waals surface area contributed by atoms with Crippen molar-refractivity contribution < 1.29 is 4.74 Å². The number of nitrogens with zero attached hydrogens (tertiary/aromatic N) is 2. The van der Waals surface area contributed by atoms with Gasteiger partial charge in [-0.3, -0.25) is 4.98 Å². The van der Waals surface area contributed by atoms with Crippen LogP contribution in [-0.4, -0.2) is 11.6 Å². The zero-order valence-corrected chi connectivity index (χ0v) is 14.0. The van der Waals surface area contributed by atoms with E-state index in [2.05, 4.69) is 11.1 Å². The lowest BCUT2D eigenvalue weighted by Crippen LogP contribution is -2.03. The second kappa shape index (κ2) is 6.81. The van der Waals surface area contributed by atoms with Gasteiger partial charge in [0.2, 0.25) is 0 Å². The number of halogens is 1. The number of benzene rings is 1. The topological polar surface area (TPSA) is 45.9 Å². The Hall–Kier alpha value is -2.05. The fraction of sp³-hybridized carbons (Fsp3) is 0.333. The van der Waals surface area contributed by atoms with E-state index in [0.29, 0.717) is 11.6 Å². The number of aromatic nitrogens is 1. The van der Waals surface area contributed by atoms with E-state index >= 15 is 0 Å². The molecular weight excluding hydrogens is 296 g/mol. The van der Waals surface area contributed by atoms with E-state index in [4.69, 9.17) is 16.3 Å². The number of nitriles is 1. The molecule has 0 saturated heterocycles. The van der Waals surface area contributed by atoms with Gasteiger partial charge in [0, 0.05) is 33.6 Å². The lowest BCUT2D eigenvalue weighted by atomic mass is 9.92. The molecule has 0 bridgehead atoms. The molecule has 114 valence electrons. The van der Waals surface area contributed by atoms with E-state index in [-0.39, 0.29) is 5.92 Å². The van der Waals surface area contributed by atoms with E-state index in [0.717, 1.165) is 33.7 Å². The molecule has 3 nitrogen and oxygen atoms in total. The number of pyridine rings is 1. The molecule has 22 heavy (non-hydrogen) atoms. The van der Waals surface area contributed by atoms with Gasteiger partial charge in [0.05, 0.1) is 18.6 Å². The minimum Gasteiger partial charge on any atom is -0.493 e. The Bertz CT molecular complexity index is 717. The van der Waals surface area contributed by atoms with Crippen molar-refractivity contribution in [3.8, 4) is 22.9 Å². The zero-order valence-electron chi connectivity index (χ0n) is 13.3. The first kappa shape index (κ1) is 16.3. The van der Waals surface area contributed by atoms with Crippen LogP contribution in [-0.2, 0) is 0 Å². The van der Waals surface area contributed by atoms with Crippen molar-refractivity contribution in [3.05, 3.63) is 46.2 Å². The molecule has 1 heterocycles. The molecule has 2 rings (SSSR count). The minimum atomic E-state index is -0.295. The van der Waals surface area contributed by atoms with Gasteiger partial charge in [-0.2, -0.15) is 5.26 Å². The Balaban J connectivity index is 2.77. The van der Waals surface area contributed by atoms with E-state index < -0.39 is 0 Å². The maximum absolute atomic E-state index is 9.28. The highest BCUT2D eigenvalue weighted by Crippen LogP contribution is 2.42. The standard InChI is InChI=1S/C18H19ClN2O/c1-5-22-18-15(11(2)9-20)8-16(19)13(4)17(18)14-7-6-12(3)21-10-14/h6-8,10-11H,5H2,1-4H3. The van der Waals surface area contributed by atoms with E-state index in [1.807, 2.05) is 52.1 Å². The Morgan fingerprint density at radius 1 is 1.36 bits per heavy atom. The Morgan fingerprint density at radius 3 is 2.64 bits per heavy atom. The molecule has 0 radical (unpaired) electrons. The molecule has 0 aliphatic carbocycles. The summed E-state index contributed by atoms with van der Waals surface area (Å²) in [5, 5.41) is 9.91. The van der Waals surface area contributed by atoms with Crippen molar-refractivity contribution in [2.75, 3.05) is 6.61 Å². The van der Waals surface area contributed by atoms with E-state index in [9.17, 15) is 5.26 Å². The SMILES string of the molecule is CCOc1c(C(C)C#N)cc(Cl)c(C)c1-c1ccc(C)nc1. The molecule has 0 saturated carbocycles. The third-order valence-electron chi connectivity index (χ3n) is 3.65. The summed E-state index contributed by atoms with van der Waals surface area (Å²) in [5.41, 5.74) is 4.56. The van der Waals surface area contributed by atoms with Crippen LogP contribution in [0.3, 0.4) is 0 Å². The highest BCUT2D eigenvalue weighted by atomic mass is 35.5.